The zero-order valence-corrected chi connectivity index (χ0v) is 15.8. The number of hydrogen-bond donors (Lipinski definition) is 0. The van der Waals surface area contributed by atoms with Gasteiger partial charge in [0, 0.05) is 30.1 Å². The molecule has 1 atom stereocenters. The Morgan fingerprint density at radius 1 is 1.11 bits per heavy atom. The van der Waals surface area contributed by atoms with Crippen LogP contribution in [0.3, 0.4) is 0 Å². The van der Waals surface area contributed by atoms with Gasteiger partial charge in [-0.3, -0.25) is 9.69 Å². The molecule has 0 unspecified atom stereocenters. The Morgan fingerprint density at radius 2 is 1.89 bits per heavy atom. The zero-order valence-electron chi connectivity index (χ0n) is 15.0. The molecule has 0 aliphatic carbocycles. The Hall–Kier alpha value is -2.60. The van der Waals surface area contributed by atoms with E-state index in [1.54, 1.807) is 17.4 Å². The van der Waals surface area contributed by atoms with Gasteiger partial charge in [0.15, 0.2) is 0 Å². The normalized spacial score (nSPS) is 21.0. The molecule has 0 bridgehead atoms. The second kappa shape index (κ2) is 7.96. The molecule has 3 heterocycles. The molecule has 0 radical (unpaired) electrons. The molecule has 2 aliphatic heterocycles. The minimum Gasteiger partial charge on any atom is -0.447 e. The lowest BCUT2D eigenvalue weighted by molar-refractivity contribution is -0.127. The first-order chi connectivity index (χ1) is 13.2. The summed E-state index contributed by atoms with van der Waals surface area (Å²) in [7, 11) is 0. The Bertz CT molecular complexity index is 811. The number of hydrogen-bond acceptors (Lipinski definition) is 4. The minimum absolute atomic E-state index is 0.0328. The average Bonchev–Trinajstić information content (AvgIpc) is 3.36. The van der Waals surface area contributed by atoms with Crippen molar-refractivity contribution < 1.29 is 14.3 Å². The van der Waals surface area contributed by atoms with Crippen LogP contribution in [0.5, 0.6) is 0 Å². The maximum atomic E-state index is 12.4. The lowest BCUT2D eigenvalue weighted by Gasteiger charge is -2.37. The lowest BCUT2D eigenvalue weighted by atomic mass is 9.99. The van der Waals surface area contributed by atoms with Crippen LogP contribution in [-0.2, 0) is 9.53 Å². The monoisotopic (exact) mass is 382 g/mol. The smallest absolute Gasteiger partial charge is 0.410 e. The highest BCUT2D eigenvalue weighted by atomic mass is 32.1. The lowest BCUT2D eigenvalue weighted by Crippen LogP contribution is -2.47. The third-order valence-electron chi connectivity index (χ3n) is 5.20. The molecule has 0 N–H and O–H groups in total. The van der Waals surface area contributed by atoms with Crippen LogP contribution in [0.25, 0.3) is 6.08 Å². The molecule has 2 aliphatic rings. The van der Waals surface area contributed by atoms with Crippen LogP contribution < -0.4 is 0 Å². The zero-order chi connectivity index (χ0) is 18.6. The number of ether oxygens (including phenoxy) is 1. The van der Waals surface area contributed by atoms with Crippen molar-refractivity contribution in [1.82, 2.24) is 9.80 Å². The van der Waals surface area contributed by atoms with Gasteiger partial charge in [-0.05, 0) is 35.9 Å². The molecule has 2 amide bonds. The van der Waals surface area contributed by atoms with Crippen molar-refractivity contribution >= 4 is 29.4 Å². The fourth-order valence-corrected chi connectivity index (χ4v) is 4.40. The summed E-state index contributed by atoms with van der Waals surface area (Å²) in [5, 5.41) is 1.99. The second-order valence-electron chi connectivity index (χ2n) is 6.82. The summed E-state index contributed by atoms with van der Waals surface area (Å²) in [5.41, 5.74) is 1.10. The molecular weight excluding hydrogens is 360 g/mol. The van der Waals surface area contributed by atoms with E-state index in [2.05, 4.69) is 0 Å². The van der Waals surface area contributed by atoms with Crippen LogP contribution in [-0.4, -0.2) is 47.5 Å². The SMILES string of the molecule is O=C(/C=C/c1cccs1)N1CCC(N2C(=O)OC[C@H]2c2ccccc2)CC1. The van der Waals surface area contributed by atoms with Gasteiger partial charge in [0.1, 0.15) is 6.61 Å². The van der Waals surface area contributed by atoms with E-state index in [1.165, 1.54) is 0 Å². The summed E-state index contributed by atoms with van der Waals surface area (Å²) in [5.74, 6) is 0.0328. The molecule has 140 valence electrons. The number of likely N-dealkylation sites (tertiary alicyclic amines) is 1. The standard InChI is InChI=1S/C21H22N2O3S/c24-20(9-8-18-7-4-14-27-18)22-12-10-17(11-13-22)23-19(15-26-21(23)25)16-5-2-1-3-6-16/h1-9,14,17,19H,10-13,15H2/b9-8+/t19-/m0/s1. The van der Waals surface area contributed by atoms with Gasteiger partial charge >= 0.3 is 6.09 Å². The minimum atomic E-state index is -0.244. The van der Waals surface area contributed by atoms with E-state index in [9.17, 15) is 9.59 Å². The molecule has 6 heteroatoms. The predicted octanol–water partition coefficient (Wildman–Crippen LogP) is 3.95. The summed E-state index contributed by atoms with van der Waals surface area (Å²) in [6.07, 6.45) is 4.81. The molecular formula is C21H22N2O3S. The van der Waals surface area contributed by atoms with Gasteiger partial charge < -0.3 is 9.64 Å². The highest BCUT2D eigenvalue weighted by Gasteiger charge is 2.40. The quantitative estimate of drug-likeness (QED) is 0.753. The van der Waals surface area contributed by atoms with Gasteiger partial charge in [0.2, 0.25) is 5.91 Å². The number of carbonyl (C=O) groups is 2. The average molecular weight is 382 g/mol. The van der Waals surface area contributed by atoms with Crippen molar-refractivity contribution in [1.29, 1.82) is 0 Å². The van der Waals surface area contributed by atoms with E-state index >= 15 is 0 Å². The number of cyclic esters (lactones) is 1. The first-order valence-corrected chi connectivity index (χ1v) is 10.1. The van der Waals surface area contributed by atoms with E-state index in [0.29, 0.717) is 19.7 Å². The number of benzene rings is 1. The van der Waals surface area contributed by atoms with E-state index < -0.39 is 0 Å². The molecule has 1 aromatic heterocycles. The summed E-state index contributed by atoms with van der Waals surface area (Å²) >= 11 is 1.61. The van der Waals surface area contributed by atoms with Crippen LogP contribution in [0.2, 0.25) is 0 Å². The second-order valence-corrected chi connectivity index (χ2v) is 7.80. The Kier molecular flexibility index (Phi) is 5.25. The van der Waals surface area contributed by atoms with Crippen molar-refractivity contribution in [3.8, 4) is 0 Å². The van der Waals surface area contributed by atoms with E-state index in [-0.39, 0.29) is 24.1 Å². The number of amides is 2. The maximum Gasteiger partial charge on any atom is 0.410 e. The van der Waals surface area contributed by atoms with Crippen molar-refractivity contribution in [2.75, 3.05) is 19.7 Å². The number of piperidine rings is 1. The maximum absolute atomic E-state index is 12.4. The summed E-state index contributed by atoms with van der Waals surface area (Å²) < 4.78 is 5.34. The fourth-order valence-electron chi connectivity index (χ4n) is 3.78. The Morgan fingerprint density at radius 3 is 2.59 bits per heavy atom. The van der Waals surface area contributed by atoms with Crippen molar-refractivity contribution in [3.63, 3.8) is 0 Å². The molecule has 0 spiro atoms. The molecule has 1 aromatic carbocycles. The van der Waals surface area contributed by atoms with E-state index in [4.69, 9.17) is 4.74 Å². The molecule has 2 fully saturated rings. The molecule has 0 saturated carbocycles. The van der Waals surface area contributed by atoms with Gasteiger partial charge in [0.05, 0.1) is 6.04 Å². The third-order valence-corrected chi connectivity index (χ3v) is 6.04. The topological polar surface area (TPSA) is 49.9 Å². The van der Waals surface area contributed by atoms with Crippen LogP contribution in [0.4, 0.5) is 4.79 Å². The third kappa shape index (κ3) is 3.90. The molecule has 2 saturated heterocycles. The summed E-state index contributed by atoms with van der Waals surface area (Å²) in [6.45, 7) is 1.71. The van der Waals surface area contributed by atoms with Crippen LogP contribution >= 0.6 is 11.3 Å². The van der Waals surface area contributed by atoms with Gasteiger partial charge in [-0.25, -0.2) is 4.79 Å². The first kappa shape index (κ1) is 17.8. The van der Waals surface area contributed by atoms with Gasteiger partial charge in [-0.15, -0.1) is 11.3 Å². The molecule has 5 nitrogen and oxygen atoms in total. The molecule has 2 aromatic rings. The summed E-state index contributed by atoms with van der Waals surface area (Å²) in [6, 6.07) is 14.0. The largest absolute Gasteiger partial charge is 0.447 e. The molecule has 27 heavy (non-hydrogen) atoms. The fraction of sp³-hybridized carbons (Fsp3) is 0.333. The van der Waals surface area contributed by atoms with Crippen molar-refractivity contribution in [2.45, 2.75) is 24.9 Å². The van der Waals surface area contributed by atoms with E-state index in [1.807, 2.05) is 63.7 Å². The van der Waals surface area contributed by atoms with Crippen molar-refractivity contribution in [3.05, 3.63) is 64.4 Å². The van der Waals surface area contributed by atoms with Gasteiger partial charge in [-0.2, -0.15) is 0 Å². The van der Waals surface area contributed by atoms with E-state index in [0.717, 1.165) is 23.3 Å². The van der Waals surface area contributed by atoms with Crippen LogP contribution in [0.15, 0.2) is 53.9 Å². The Labute approximate surface area is 162 Å². The van der Waals surface area contributed by atoms with Gasteiger partial charge in [-0.1, -0.05) is 36.4 Å². The number of thiophene rings is 1. The Balaban J connectivity index is 1.38. The molecule has 4 rings (SSSR count). The highest BCUT2D eigenvalue weighted by molar-refractivity contribution is 7.10. The van der Waals surface area contributed by atoms with Crippen LogP contribution in [0, 0.1) is 0 Å². The predicted molar refractivity (Wildman–Crippen MR) is 105 cm³/mol. The first-order valence-electron chi connectivity index (χ1n) is 9.23. The summed E-state index contributed by atoms with van der Waals surface area (Å²) in [4.78, 5) is 29.5. The highest BCUT2D eigenvalue weighted by Crippen LogP contribution is 2.33. The number of rotatable bonds is 4. The number of nitrogens with zero attached hydrogens (tertiary/aromatic N) is 2. The van der Waals surface area contributed by atoms with Crippen LogP contribution in [0.1, 0.15) is 29.3 Å². The van der Waals surface area contributed by atoms with Crippen molar-refractivity contribution in [2.24, 2.45) is 0 Å². The number of carbonyl (C=O) groups excluding carboxylic acids is 2. The van der Waals surface area contributed by atoms with Gasteiger partial charge in [0.25, 0.3) is 0 Å².